The Morgan fingerprint density at radius 3 is 1.94 bits per heavy atom. The molecule has 16 heavy (non-hydrogen) atoms. The molecule has 0 aliphatic rings. The van der Waals surface area contributed by atoms with Crippen molar-refractivity contribution in [3.63, 3.8) is 0 Å². The number of hydrogen-bond acceptors (Lipinski definition) is 2. The van der Waals surface area contributed by atoms with Gasteiger partial charge in [0.1, 0.15) is 0 Å². The Kier molecular flexibility index (Phi) is 6.77. The minimum atomic E-state index is -0.0753. The molecule has 0 saturated carbocycles. The third-order valence-electron chi connectivity index (χ3n) is 1.88. The molecule has 0 saturated heterocycles. The van der Waals surface area contributed by atoms with Gasteiger partial charge < -0.3 is 10.2 Å². The summed E-state index contributed by atoms with van der Waals surface area (Å²) in [6.07, 6.45) is 0. The third kappa shape index (κ3) is 3.16. The summed E-state index contributed by atoms with van der Waals surface area (Å²) in [4.78, 5) is 0. The molecule has 0 aliphatic carbocycles. The van der Waals surface area contributed by atoms with Gasteiger partial charge in [0.2, 0.25) is 0 Å². The van der Waals surface area contributed by atoms with Crippen LogP contribution in [0.3, 0.4) is 0 Å². The van der Waals surface area contributed by atoms with E-state index < -0.39 is 0 Å². The van der Waals surface area contributed by atoms with Gasteiger partial charge in [0.15, 0.2) is 11.5 Å². The Morgan fingerprint density at radius 2 is 1.31 bits per heavy atom. The minimum Gasteiger partial charge on any atom is -0.504 e. The quantitative estimate of drug-likeness (QED) is 0.650. The molecule has 2 rings (SSSR count). The van der Waals surface area contributed by atoms with E-state index in [0.29, 0.717) is 5.39 Å². The molecule has 0 bridgehead atoms. The van der Waals surface area contributed by atoms with Crippen LogP contribution >= 0.6 is 0 Å². The van der Waals surface area contributed by atoms with Crippen molar-refractivity contribution in [2.24, 2.45) is 0 Å². The first-order chi connectivity index (χ1) is 7.79. The van der Waals surface area contributed by atoms with E-state index in [0.717, 1.165) is 5.39 Å². The Bertz CT molecular complexity index is 422. The van der Waals surface area contributed by atoms with E-state index in [1.54, 1.807) is 12.1 Å². The lowest BCUT2D eigenvalue weighted by atomic mass is 10.1. The van der Waals surface area contributed by atoms with Gasteiger partial charge in [-0.2, -0.15) is 0 Å². The maximum Gasteiger partial charge on any atom is 0.165 e. The second kappa shape index (κ2) is 7.57. The monoisotopic (exact) mass is 220 g/mol. The molecule has 0 radical (unpaired) electrons. The standard InChI is InChI=1S/C10H8O2.2C2H6/c11-9-6-5-7-3-1-2-4-8(7)10(9)12;2*1-2/h1-6,11-12H;2*1-2H3. The first-order valence-electron chi connectivity index (χ1n) is 5.69. The van der Waals surface area contributed by atoms with Crippen LogP contribution in [0.15, 0.2) is 36.4 Å². The molecule has 2 aromatic rings. The number of benzene rings is 2. The maximum atomic E-state index is 9.41. The molecule has 0 heterocycles. The van der Waals surface area contributed by atoms with Crippen LogP contribution in [0.1, 0.15) is 27.7 Å². The number of phenolic OH excluding ortho intramolecular Hbond substituents is 2. The highest BCUT2D eigenvalue weighted by Gasteiger charge is 2.02. The van der Waals surface area contributed by atoms with Gasteiger partial charge in [-0.1, -0.05) is 58.0 Å². The van der Waals surface area contributed by atoms with Crippen LogP contribution in [0.4, 0.5) is 0 Å². The van der Waals surface area contributed by atoms with E-state index in [4.69, 9.17) is 5.11 Å². The second-order valence-electron chi connectivity index (χ2n) is 2.65. The van der Waals surface area contributed by atoms with Crippen molar-refractivity contribution >= 4 is 10.8 Å². The molecule has 88 valence electrons. The van der Waals surface area contributed by atoms with Crippen molar-refractivity contribution in [2.75, 3.05) is 0 Å². The zero-order chi connectivity index (χ0) is 12.6. The number of aromatic hydroxyl groups is 2. The molecule has 0 amide bonds. The molecule has 2 N–H and O–H groups in total. The highest BCUT2D eigenvalue weighted by molar-refractivity contribution is 5.90. The zero-order valence-electron chi connectivity index (χ0n) is 10.4. The Balaban J connectivity index is 0.000000509. The van der Waals surface area contributed by atoms with E-state index >= 15 is 0 Å². The van der Waals surface area contributed by atoms with E-state index in [2.05, 4.69) is 0 Å². The summed E-state index contributed by atoms with van der Waals surface area (Å²) in [5.41, 5.74) is 0. The lowest BCUT2D eigenvalue weighted by Crippen LogP contribution is -1.73. The van der Waals surface area contributed by atoms with Crippen LogP contribution in [0.25, 0.3) is 10.8 Å². The number of phenols is 2. The molecular weight excluding hydrogens is 200 g/mol. The summed E-state index contributed by atoms with van der Waals surface area (Å²) < 4.78 is 0. The normalized spacial score (nSPS) is 8.50. The number of fused-ring (bicyclic) bond motifs is 1. The van der Waals surface area contributed by atoms with Crippen LogP contribution in [-0.2, 0) is 0 Å². The van der Waals surface area contributed by atoms with Crippen LogP contribution in [-0.4, -0.2) is 10.2 Å². The van der Waals surface area contributed by atoms with E-state index in [-0.39, 0.29) is 11.5 Å². The molecular formula is C14H20O2. The molecule has 2 aromatic carbocycles. The van der Waals surface area contributed by atoms with Gasteiger partial charge in [0.25, 0.3) is 0 Å². The van der Waals surface area contributed by atoms with Crippen LogP contribution in [0.5, 0.6) is 11.5 Å². The van der Waals surface area contributed by atoms with Gasteiger partial charge in [-0.3, -0.25) is 0 Å². The van der Waals surface area contributed by atoms with Crippen LogP contribution in [0.2, 0.25) is 0 Å². The average molecular weight is 220 g/mol. The topological polar surface area (TPSA) is 40.5 Å². The summed E-state index contributed by atoms with van der Waals surface area (Å²) in [6, 6.07) is 10.6. The van der Waals surface area contributed by atoms with Gasteiger partial charge in [0, 0.05) is 5.39 Å². The highest BCUT2D eigenvalue weighted by atomic mass is 16.3. The van der Waals surface area contributed by atoms with Crippen molar-refractivity contribution in [3.05, 3.63) is 36.4 Å². The number of rotatable bonds is 0. The fraction of sp³-hybridized carbons (Fsp3) is 0.286. The molecule has 2 nitrogen and oxygen atoms in total. The van der Waals surface area contributed by atoms with Crippen molar-refractivity contribution in [1.82, 2.24) is 0 Å². The molecule has 2 heteroatoms. The first kappa shape index (κ1) is 14.3. The number of hydrogen-bond donors (Lipinski definition) is 2. The van der Waals surface area contributed by atoms with Gasteiger partial charge in [-0.05, 0) is 11.5 Å². The fourth-order valence-electron chi connectivity index (χ4n) is 1.24. The van der Waals surface area contributed by atoms with Gasteiger partial charge in [-0.25, -0.2) is 0 Å². The van der Waals surface area contributed by atoms with Gasteiger partial charge in [-0.15, -0.1) is 0 Å². The van der Waals surface area contributed by atoms with Gasteiger partial charge in [0.05, 0.1) is 0 Å². The van der Waals surface area contributed by atoms with Crippen molar-refractivity contribution in [1.29, 1.82) is 0 Å². The smallest absolute Gasteiger partial charge is 0.165 e. The highest BCUT2D eigenvalue weighted by Crippen LogP contribution is 2.32. The van der Waals surface area contributed by atoms with Crippen molar-refractivity contribution in [3.8, 4) is 11.5 Å². The predicted octanol–water partition coefficient (Wildman–Crippen LogP) is 4.30. The first-order valence-corrected chi connectivity index (χ1v) is 5.69. The second-order valence-corrected chi connectivity index (χ2v) is 2.65. The van der Waals surface area contributed by atoms with Crippen LogP contribution < -0.4 is 0 Å². The summed E-state index contributed by atoms with van der Waals surface area (Å²) >= 11 is 0. The molecule has 0 spiro atoms. The Labute approximate surface area is 97.2 Å². The lowest BCUT2D eigenvalue weighted by Gasteiger charge is -2.01. The summed E-state index contributed by atoms with van der Waals surface area (Å²) in [6.45, 7) is 8.00. The third-order valence-corrected chi connectivity index (χ3v) is 1.88. The SMILES string of the molecule is CC.CC.Oc1ccc2ccccc2c1O. The summed E-state index contributed by atoms with van der Waals surface area (Å²) in [7, 11) is 0. The van der Waals surface area contributed by atoms with E-state index in [1.807, 2.05) is 45.9 Å². The molecule has 0 atom stereocenters. The molecule has 0 fully saturated rings. The van der Waals surface area contributed by atoms with Gasteiger partial charge >= 0.3 is 0 Å². The summed E-state index contributed by atoms with van der Waals surface area (Å²) in [5.74, 6) is -0.123. The predicted molar refractivity (Wildman–Crippen MR) is 70.0 cm³/mol. The summed E-state index contributed by atoms with van der Waals surface area (Å²) in [5, 5.41) is 20.2. The van der Waals surface area contributed by atoms with Crippen LogP contribution in [0, 0.1) is 0 Å². The fourth-order valence-corrected chi connectivity index (χ4v) is 1.24. The Morgan fingerprint density at radius 1 is 0.750 bits per heavy atom. The zero-order valence-corrected chi connectivity index (χ0v) is 10.4. The van der Waals surface area contributed by atoms with E-state index in [1.165, 1.54) is 6.07 Å². The maximum absolute atomic E-state index is 9.41. The van der Waals surface area contributed by atoms with Crippen molar-refractivity contribution < 1.29 is 10.2 Å². The average Bonchev–Trinajstić information content (AvgIpc) is 2.39. The minimum absolute atomic E-state index is 0.0481. The lowest BCUT2D eigenvalue weighted by molar-refractivity contribution is 0.408. The molecule has 0 aliphatic heterocycles. The van der Waals surface area contributed by atoms with E-state index in [9.17, 15) is 5.11 Å². The molecule has 0 aromatic heterocycles. The van der Waals surface area contributed by atoms with Crippen molar-refractivity contribution in [2.45, 2.75) is 27.7 Å². The molecule has 0 unspecified atom stereocenters. The Hall–Kier alpha value is -1.70. The largest absolute Gasteiger partial charge is 0.504 e.